The van der Waals surface area contributed by atoms with Gasteiger partial charge in [-0.1, -0.05) is 54.6 Å². The molecule has 0 saturated carbocycles. The molecule has 0 aliphatic carbocycles. The van der Waals surface area contributed by atoms with E-state index in [2.05, 4.69) is 82.3 Å². The van der Waals surface area contributed by atoms with Crippen molar-refractivity contribution in [2.45, 2.75) is 25.7 Å². The number of H-pyrrole nitrogens is 2. The van der Waals surface area contributed by atoms with Crippen LogP contribution in [0.2, 0.25) is 0 Å². The second-order valence-electron chi connectivity index (χ2n) is 8.49. The second kappa shape index (κ2) is 9.98. The molecule has 2 heterocycles. The van der Waals surface area contributed by atoms with Gasteiger partial charge < -0.3 is 20.0 Å². The van der Waals surface area contributed by atoms with Gasteiger partial charge in [0.1, 0.15) is 0 Å². The number of fused-ring (bicyclic) bond motifs is 2. The van der Waals surface area contributed by atoms with Crippen molar-refractivity contribution < 1.29 is 9.53 Å². The van der Waals surface area contributed by atoms with Crippen molar-refractivity contribution in [3.05, 3.63) is 102 Å². The highest BCUT2D eigenvalue weighted by Crippen LogP contribution is 2.38. The molecule has 5 heteroatoms. The molecule has 0 bridgehead atoms. The maximum atomic E-state index is 12.5. The number of benzene rings is 3. The van der Waals surface area contributed by atoms with Gasteiger partial charge in [0.05, 0.1) is 13.0 Å². The number of rotatable bonds is 9. The van der Waals surface area contributed by atoms with Crippen molar-refractivity contribution >= 4 is 33.4 Å². The van der Waals surface area contributed by atoms with Gasteiger partial charge in [-0.15, -0.1) is 0 Å². The number of hydrogen-bond donors (Lipinski definition) is 3. The van der Waals surface area contributed by atoms with Gasteiger partial charge in [0.15, 0.2) is 0 Å². The van der Waals surface area contributed by atoms with Gasteiger partial charge in [0, 0.05) is 52.4 Å². The van der Waals surface area contributed by atoms with Gasteiger partial charge in [0.25, 0.3) is 0 Å². The van der Waals surface area contributed by atoms with E-state index in [9.17, 15) is 4.79 Å². The van der Waals surface area contributed by atoms with E-state index in [4.69, 9.17) is 4.74 Å². The van der Waals surface area contributed by atoms with Crippen molar-refractivity contribution in [3.63, 3.8) is 0 Å². The number of ether oxygens (including phenoxy) is 1. The van der Waals surface area contributed by atoms with Crippen LogP contribution in [-0.2, 0) is 16.0 Å². The average Bonchev–Trinajstić information content (AvgIpc) is 3.48. The molecule has 0 saturated heterocycles. The number of carbonyl (C=O) groups excluding carboxylic acids is 1. The van der Waals surface area contributed by atoms with Crippen LogP contribution in [0.5, 0.6) is 0 Å². The SMILES string of the molecule is CCOCCC(=O)Nc1ccccc1CC(c1c[nH]c2ccccc12)c1c[nH]c2ccccc12. The monoisotopic (exact) mass is 451 g/mol. The molecule has 0 fully saturated rings. The van der Waals surface area contributed by atoms with Crippen LogP contribution < -0.4 is 5.32 Å². The largest absolute Gasteiger partial charge is 0.381 e. The lowest BCUT2D eigenvalue weighted by Gasteiger charge is -2.19. The molecule has 0 atom stereocenters. The molecular formula is C29H29N3O2. The summed E-state index contributed by atoms with van der Waals surface area (Å²) in [5.41, 5.74) is 6.71. The Balaban J connectivity index is 1.54. The minimum absolute atomic E-state index is 0.0309. The molecule has 5 rings (SSSR count). The van der Waals surface area contributed by atoms with Crippen LogP contribution in [0.3, 0.4) is 0 Å². The quantitative estimate of drug-likeness (QED) is 0.227. The fourth-order valence-corrected chi connectivity index (χ4v) is 4.71. The maximum absolute atomic E-state index is 12.5. The summed E-state index contributed by atoms with van der Waals surface area (Å²) in [6.07, 6.45) is 5.35. The molecule has 0 unspecified atom stereocenters. The molecular weight excluding hydrogens is 422 g/mol. The lowest BCUT2D eigenvalue weighted by atomic mass is 9.85. The van der Waals surface area contributed by atoms with Gasteiger partial charge >= 0.3 is 0 Å². The van der Waals surface area contributed by atoms with Crippen LogP contribution in [0.25, 0.3) is 21.8 Å². The number of aromatic amines is 2. The molecule has 0 aliphatic rings. The van der Waals surface area contributed by atoms with Crippen molar-refractivity contribution in [1.29, 1.82) is 0 Å². The Kier molecular flexibility index (Phi) is 6.45. The number of amides is 1. The Morgan fingerprint density at radius 3 is 2.09 bits per heavy atom. The zero-order valence-corrected chi connectivity index (χ0v) is 19.3. The highest BCUT2D eigenvalue weighted by molar-refractivity contribution is 5.92. The van der Waals surface area contributed by atoms with E-state index in [1.54, 1.807) is 0 Å². The highest BCUT2D eigenvalue weighted by atomic mass is 16.5. The zero-order chi connectivity index (χ0) is 23.3. The number of hydrogen-bond acceptors (Lipinski definition) is 2. The van der Waals surface area contributed by atoms with Crippen molar-refractivity contribution in [2.75, 3.05) is 18.5 Å². The molecule has 172 valence electrons. The van der Waals surface area contributed by atoms with E-state index < -0.39 is 0 Å². The molecule has 5 nitrogen and oxygen atoms in total. The summed E-state index contributed by atoms with van der Waals surface area (Å²) in [4.78, 5) is 19.4. The average molecular weight is 452 g/mol. The van der Waals surface area contributed by atoms with Crippen LogP contribution in [0.1, 0.15) is 36.0 Å². The Hall–Kier alpha value is -3.83. The fourth-order valence-electron chi connectivity index (χ4n) is 4.71. The summed E-state index contributed by atoms with van der Waals surface area (Å²) in [7, 11) is 0. The predicted molar refractivity (Wildman–Crippen MR) is 138 cm³/mol. The van der Waals surface area contributed by atoms with Crippen LogP contribution in [0, 0.1) is 0 Å². The van der Waals surface area contributed by atoms with Crippen LogP contribution >= 0.6 is 0 Å². The Bertz CT molecular complexity index is 1340. The normalized spacial score (nSPS) is 11.5. The van der Waals surface area contributed by atoms with E-state index in [0.717, 1.165) is 28.7 Å². The Morgan fingerprint density at radius 1 is 0.853 bits per heavy atom. The molecule has 1 amide bonds. The zero-order valence-electron chi connectivity index (χ0n) is 19.3. The first-order valence-corrected chi connectivity index (χ1v) is 11.8. The van der Waals surface area contributed by atoms with Crippen LogP contribution in [0.15, 0.2) is 85.2 Å². The summed E-state index contributed by atoms with van der Waals surface area (Å²) in [5.74, 6) is 0.0745. The summed E-state index contributed by atoms with van der Waals surface area (Å²) in [6.45, 7) is 2.97. The predicted octanol–water partition coefficient (Wildman–Crippen LogP) is 6.39. The topological polar surface area (TPSA) is 69.9 Å². The lowest BCUT2D eigenvalue weighted by molar-refractivity contribution is -0.117. The first kappa shape index (κ1) is 22.0. The van der Waals surface area contributed by atoms with Gasteiger partial charge in [-0.05, 0) is 48.2 Å². The lowest BCUT2D eigenvalue weighted by Crippen LogP contribution is -2.16. The molecule has 0 aliphatic heterocycles. The van der Waals surface area contributed by atoms with E-state index in [-0.39, 0.29) is 11.8 Å². The van der Waals surface area contributed by atoms with E-state index in [1.165, 1.54) is 21.9 Å². The smallest absolute Gasteiger partial charge is 0.226 e. The first-order valence-electron chi connectivity index (χ1n) is 11.8. The third-order valence-electron chi connectivity index (χ3n) is 6.39. The minimum atomic E-state index is -0.0309. The summed E-state index contributed by atoms with van der Waals surface area (Å²) >= 11 is 0. The second-order valence-corrected chi connectivity index (χ2v) is 8.49. The van der Waals surface area contributed by atoms with Crippen molar-refractivity contribution in [1.82, 2.24) is 9.97 Å². The van der Waals surface area contributed by atoms with E-state index >= 15 is 0 Å². The van der Waals surface area contributed by atoms with Crippen LogP contribution in [-0.4, -0.2) is 29.1 Å². The third-order valence-corrected chi connectivity index (χ3v) is 6.39. The number of aromatic nitrogens is 2. The van der Waals surface area contributed by atoms with E-state index in [1.807, 2.05) is 25.1 Å². The number of carbonyl (C=O) groups is 1. The van der Waals surface area contributed by atoms with Gasteiger partial charge in [-0.2, -0.15) is 0 Å². The summed E-state index contributed by atoms with van der Waals surface area (Å²) < 4.78 is 5.35. The standard InChI is InChI=1S/C29H29N3O2/c1-2-34-16-15-29(33)32-26-12-6-3-9-20(26)17-23(24-18-30-27-13-7-4-10-21(24)27)25-19-31-28-14-8-5-11-22(25)28/h3-14,18-19,23,30-31H,2,15-17H2,1H3,(H,32,33). The van der Waals surface area contributed by atoms with Gasteiger partial charge in [-0.3, -0.25) is 4.79 Å². The summed E-state index contributed by atoms with van der Waals surface area (Å²) in [6, 6.07) is 24.9. The van der Waals surface area contributed by atoms with Gasteiger partial charge in [0.2, 0.25) is 5.91 Å². The van der Waals surface area contributed by atoms with Crippen molar-refractivity contribution in [2.24, 2.45) is 0 Å². The molecule has 3 N–H and O–H groups in total. The number of anilines is 1. The number of nitrogens with one attached hydrogen (secondary N) is 3. The van der Waals surface area contributed by atoms with Crippen LogP contribution in [0.4, 0.5) is 5.69 Å². The Morgan fingerprint density at radius 2 is 1.44 bits per heavy atom. The molecule has 0 spiro atoms. The molecule has 0 radical (unpaired) electrons. The summed E-state index contributed by atoms with van der Waals surface area (Å²) in [5, 5.41) is 5.54. The maximum Gasteiger partial charge on any atom is 0.226 e. The highest BCUT2D eigenvalue weighted by Gasteiger charge is 2.23. The molecule has 34 heavy (non-hydrogen) atoms. The van der Waals surface area contributed by atoms with E-state index in [0.29, 0.717) is 19.6 Å². The Labute approximate surface area is 199 Å². The van der Waals surface area contributed by atoms with Crippen molar-refractivity contribution in [3.8, 4) is 0 Å². The number of para-hydroxylation sites is 3. The fraction of sp³-hybridized carbons (Fsp3) is 0.207. The molecule has 2 aromatic heterocycles. The minimum Gasteiger partial charge on any atom is -0.381 e. The first-order chi connectivity index (χ1) is 16.7. The molecule has 3 aromatic carbocycles. The third kappa shape index (κ3) is 4.47. The molecule has 5 aromatic rings. The van der Waals surface area contributed by atoms with Gasteiger partial charge in [-0.25, -0.2) is 0 Å².